The summed E-state index contributed by atoms with van der Waals surface area (Å²) >= 11 is 7.97. The Balaban J connectivity index is 2.79. The maximum absolute atomic E-state index is 14.3. The van der Waals surface area contributed by atoms with Gasteiger partial charge in [-0.15, -0.1) is 0 Å². The number of amides is 1. The number of benzene rings is 1. The van der Waals surface area contributed by atoms with E-state index in [4.69, 9.17) is 22.7 Å². The minimum Gasteiger partial charge on any atom is -0.389 e. The molecule has 0 aliphatic heterocycles. The van der Waals surface area contributed by atoms with E-state index in [1.807, 2.05) is 0 Å². The average Bonchev–Trinajstić information content (AvgIpc) is 2.41. The number of anilines is 1. The second-order valence-corrected chi connectivity index (χ2v) is 5.56. The van der Waals surface area contributed by atoms with Crippen LogP contribution >= 0.6 is 28.1 Å². The van der Waals surface area contributed by atoms with E-state index in [9.17, 15) is 9.18 Å². The van der Waals surface area contributed by atoms with Crippen LogP contribution in [0.5, 0.6) is 0 Å². The number of carbonyl (C=O) groups is 1. The van der Waals surface area contributed by atoms with E-state index < -0.39 is 5.82 Å². The van der Waals surface area contributed by atoms with Gasteiger partial charge in [-0.05, 0) is 28.1 Å². The number of ether oxygens (including phenoxy) is 1. The summed E-state index contributed by atoms with van der Waals surface area (Å²) in [6.07, 6.45) is 0. The summed E-state index contributed by atoms with van der Waals surface area (Å²) in [6, 6.07) is 3.15. The molecule has 0 atom stereocenters. The van der Waals surface area contributed by atoms with Gasteiger partial charge < -0.3 is 20.7 Å². The highest BCUT2D eigenvalue weighted by molar-refractivity contribution is 9.10. The highest BCUT2D eigenvalue weighted by Gasteiger charge is 2.17. The number of likely N-dealkylation sites (N-methyl/N-ethyl adjacent to an activating group) is 1. The van der Waals surface area contributed by atoms with Gasteiger partial charge in [0.1, 0.15) is 4.99 Å². The topological polar surface area (TPSA) is 67.6 Å². The lowest BCUT2D eigenvalue weighted by atomic mass is 10.2. The molecular weight excluding hydrogens is 361 g/mol. The zero-order valence-electron chi connectivity index (χ0n) is 11.8. The molecule has 0 aliphatic rings. The molecule has 21 heavy (non-hydrogen) atoms. The van der Waals surface area contributed by atoms with Gasteiger partial charge in [-0.3, -0.25) is 4.79 Å². The number of carbonyl (C=O) groups excluding carboxylic acids is 1. The molecule has 8 heteroatoms. The highest BCUT2D eigenvalue weighted by Crippen LogP contribution is 2.28. The van der Waals surface area contributed by atoms with Gasteiger partial charge in [-0.25, -0.2) is 4.39 Å². The SMILES string of the molecule is COCCNC(=O)CN(C)c1ccc(C(N)=S)c(Br)c1F. The Morgan fingerprint density at radius 2 is 2.24 bits per heavy atom. The van der Waals surface area contributed by atoms with Crippen molar-refractivity contribution < 1.29 is 13.9 Å². The van der Waals surface area contributed by atoms with E-state index in [0.29, 0.717) is 18.7 Å². The van der Waals surface area contributed by atoms with Gasteiger partial charge in [-0.1, -0.05) is 12.2 Å². The van der Waals surface area contributed by atoms with Crippen LogP contribution in [-0.4, -0.2) is 44.7 Å². The molecule has 0 bridgehead atoms. The molecule has 0 aromatic heterocycles. The van der Waals surface area contributed by atoms with E-state index in [1.54, 1.807) is 20.2 Å². The van der Waals surface area contributed by atoms with Crippen molar-refractivity contribution in [3.63, 3.8) is 0 Å². The molecule has 0 fully saturated rings. The maximum atomic E-state index is 14.3. The Kier molecular flexibility index (Phi) is 7.00. The molecule has 5 nitrogen and oxygen atoms in total. The Hall–Kier alpha value is -1.25. The quantitative estimate of drug-likeness (QED) is 0.555. The van der Waals surface area contributed by atoms with Crippen molar-refractivity contribution in [2.24, 2.45) is 5.73 Å². The molecule has 0 spiro atoms. The predicted molar refractivity (Wildman–Crippen MR) is 88.1 cm³/mol. The molecular formula is C13H17BrFN3O2S. The van der Waals surface area contributed by atoms with Gasteiger partial charge >= 0.3 is 0 Å². The fourth-order valence-corrected chi connectivity index (χ4v) is 2.52. The lowest BCUT2D eigenvalue weighted by Gasteiger charge is -2.20. The predicted octanol–water partition coefficient (Wildman–Crippen LogP) is 1.42. The van der Waals surface area contributed by atoms with E-state index in [-0.39, 0.29) is 27.6 Å². The molecule has 1 aromatic rings. The van der Waals surface area contributed by atoms with Gasteiger partial charge in [0.25, 0.3) is 0 Å². The number of hydrogen-bond acceptors (Lipinski definition) is 4. The van der Waals surface area contributed by atoms with Gasteiger partial charge in [0.15, 0.2) is 5.82 Å². The first-order chi connectivity index (χ1) is 9.88. The van der Waals surface area contributed by atoms with E-state index >= 15 is 0 Å². The number of thiocarbonyl (C=S) groups is 1. The van der Waals surface area contributed by atoms with Crippen molar-refractivity contribution in [3.05, 3.63) is 28.0 Å². The third kappa shape index (κ3) is 4.90. The molecule has 3 N–H and O–H groups in total. The molecule has 1 aromatic carbocycles. The van der Waals surface area contributed by atoms with Crippen LogP contribution in [0.15, 0.2) is 16.6 Å². The maximum Gasteiger partial charge on any atom is 0.239 e. The monoisotopic (exact) mass is 377 g/mol. The van der Waals surface area contributed by atoms with Crippen LogP contribution in [0.1, 0.15) is 5.56 Å². The molecule has 0 saturated carbocycles. The summed E-state index contributed by atoms with van der Waals surface area (Å²) in [5.41, 5.74) is 6.21. The Morgan fingerprint density at radius 3 is 2.81 bits per heavy atom. The van der Waals surface area contributed by atoms with E-state index in [1.165, 1.54) is 11.0 Å². The third-order valence-electron chi connectivity index (χ3n) is 2.75. The lowest BCUT2D eigenvalue weighted by Crippen LogP contribution is -2.37. The number of hydrogen-bond donors (Lipinski definition) is 2. The minimum absolute atomic E-state index is 0.0273. The summed E-state index contributed by atoms with van der Waals surface area (Å²) in [5.74, 6) is -0.726. The van der Waals surface area contributed by atoms with Gasteiger partial charge in [0, 0.05) is 26.3 Å². The molecule has 0 aliphatic carbocycles. The van der Waals surface area contributed by atoms with Crippen molar-refractivity contribution in [3.8, 4) is 0 Å². The first kappa shape index (κ1) is 17.8. The molecule has 0 radical (unpaired) electrons. The number of halogens is 2. The van der Waals surface area contributed by atoms with Crippen LogP contribution in [0.25, 0.3) is 0 Å². The Labute approximate surface area is 136 Å². The fourth-order valence-electron chi connectivity index (χ4n) is 1.67. The first-order valence-electron chi connectivity index (χ1n) is 6.13. The molecule has 1 rings (SSSR count). The minimum atomic E-state index is -0.507. The lowest BCUT2D eigenvalue weighted by molar-refractivity contribution is -0.119. The summed E-state index contributed by atoms with van der Waals surface area (Å²) in [6.45, 7) is 0.868. The van der Waals surface area contributed by atoms with Crippen molar-refractivity contribution in [2.75, 3.05) is 38.8 Å². The van der Waals surface area contributed by atoms with Crippen molar-refractivity contribution >= 4 is 44.7 Å². The van der Waals surface area contributed by atoms with Gasteiger partial charge in [0.05, 0.1) is 23.3 Å². The molecule has 0 heterocycles. The standard InChI is InChI=1S/C13H17BrFN3O2S/c1-18(7-10(19)17-5-6-20-2)9-4-3-8(13(16)21)11(14)12(9)15/h3-4H,5-7H2,1-2H3,(H2,16,21)(H,17,19). The van der Waals surface area contributed by atoms with Crippen LogP contribution in [0.4, 0.5) is 10.1 Å². The van der Waals surface area contributed by atoms with Crippen molar-refractivity contribution in [1.82, 2.24) is 5.32 Å². The largest absolute Gasteiger partial charge is 0.389 e. The normalized spacial score (nSPS) is 10.3. The summed E-state index contributed by atoms with van der Waals surface area (Å²) in [4.78, 5) is 13.3. The van der Waals surface area contributed by atoms with Crippen LogP contribution in [0.2, 0.25) is 0 Å². The van der Waals surface area contributed by atoms with Crippen LogP contribution in [0, 0.1) is 5.82 Å². The third-order valence-corrected chi connectivity index (χ3v) is 3.74. The number of nitrogens with one attached hydrogen (secondary N) is 1. The number of nitrogens with two attached hydrogens (primary N) is 1. The zero-order valence-corrected chi connectivity index (χ0v) is 14.2. The van der Waals surface area contributed by atoms with Crippen molar-refractivity contribution in [1.29, 1.82) is 0 Å². The Morgan fingerprint density at radius 1 is 1.57 bits per heavy atom. The Bertz CT molecular complexity index is 542. The number of methoxy groups -OCH3 is 1. The molecule has 116 valence electrons. The highest BCUT2D eigenvalue weighted by atomic mass is 79.9. The molecule has 0 saturated heterocycles. The number of rotatable bonds is 7. The fraction of sp³-hybridized carbons (Fsp3) is 0.385. The van der Waals surface area contributed by atoms with E-state index in [0.717, 1.165) is 0 Å². The van der Waals surface area contributed by atoms with Crippen LogP contribution in [-0.2, 0) is 9.53 Å². The summed E-state index contributed by atoms with van der Waals surface area (Å²) < 4.78 is 19.3. The molecule has 0 unspecified atom stereocenters. The summed E-state index contributed by atoms with van der Waals surface area (Å²) in [7, 11) is 3.18. The van der Waals surface area contributed by atoms with Gasteiger partial charge in [-0.2, -0.15) is 0 Å². The second-order valence-electron chi connectivity index (χ2n) is 4.32. The van der Waals surface area contributed by atoms with E-state index in [2.05, 4.69) is 21.2 Å². The average molecular weight is 378 g/mol. The molecule has 1 amide bonds. The summed E-state index contributed by atoms with van der Waals surface area (Å²) in [5, 5.41) is 2.67. The smallest absolute Gasteiger partial charge is 0.239 e. The second kappa shape index (κ2) is 8.26. The van der Waals surface area contributed by atoms with Crippen LogP contribution < -0.4 is 16.0 Å². The van der Waals surface area contributed by atoms with Crippen LogP contribution in [0.3, 0.4) is 0 Å². The first-order valence-corrected chi connectivity index (χ1v) is 7.33. The van der Waals surface area contributed by atoms with Crippen molar-refractivity contribution in [2.45, 2.75) is 0 Å². The van der Waals surface area contributed by atoms with Gasteiger partial charge in [0.2, 0.25) is 5.91 Å². The zero-order chi connectivity index (χ0) is 16.0. The number of nitrogens with zero attached hydrogens (tertiary/aromatic N) is 1.